The van der Waals surface area contributed by atoms with E-state index in [2.05, 4.69) is 34.5 Å². The predicted octanol–water partition coefficient (Wildman–Crippen LogP) is 4.30. The molecule has 0 heterocycles. The highest BCUT2D eigenvalue weighted by atomic mass is 32.2. The van der Waals surface area contributed by atoms with E-state index < -0.39 is 0 Å². The van der Waals surface area contributed by atoms with Crippen LogP contribution in [0.25, 0.3) is 11.1 Å². The lowest BCUT2D eigenvalue weighted by molar-refractivity contribution is 0.0947. The molecule has 3 aromatic carbocycles. The van der Waals surface area contributed by atoms with E-state index in [4.69, 9.17) is 0 Å². The average Bonchev–Trinajstić information content (AvgIpc) is 2.63. The van der Waals surface area contributed by atoms with Crippen molar-refractivity contribution < 1.29 is 4.79 Å². The lowest BCUT2D eigenvalue weighted by Gasteiger charge is -2.08. The molecule has 0 fully saturated rings. The minimum Gasteiger partial charge on any atom is -0.277 e. The van der Waals surface area contributed by atoms with E-state index in [1.165, 1.54) is 17.5 Å². The molecule has 0 saturated heterocycles. The minimum atomic E-state index is -0.155. The molecule has 2 N–H and O–H groups in total. The third kappa shape index (κ3) is 4.22. The highest BCUT2D eigenvalue weighted by Gasteiger charge is 2.04. The maximum Gasteiger partial charge on any atom is 0.266 e. The fraction of sp³-hybridized carbons (Fsp3) is 0. The van der Waals surface area contributed by atoms with Gasteiger partial charge in [-0.1, -0.05) is 60.7 Å². The maximum atomic E-state index is 11.9. The van der Waals surface area contributed by atoms with Crippen LogP contribution in [0.5, 0.6) is 0 Å². The molecule has 0 radical (unpaired) electrons. The number of benzene rings is 3. The maximum absolute atomic E-state index is 11.9. The Morgan fingerprint density at radius 1 is 0.739 bits per heavy atom. The molecule has 0 atom stereocenters. The Hall–Kier alpha value is -2.56. The van der Waals surface area contributed by atoms with Crippen molar-refractivity contribution in [1.82, 2.24) is 10.3 Å². The Morgan fingerprint density at radius 2 is 1.39 bits per heavy atom. The molecular weight excluding hydrogens is 304 g/mol. The second kappa shape index (κ2) is 7.63. The lowest BCUT2D eigenvalue weighted by Crippen LogP contribution is -2.32. The van der Waals surface area contributed by atoms with Crippen molar-refractivity contribution in [2.75, 3.05) is 0 Å². The number of hydrogen-bond donors (Lipinski definition) is 2. The minimum absolute atomic E-state index is 0.155. The summed E-state index contributed by atoms with van der Waals surface area (Å²) in [5.41, 5.74) is 5.62. The average molecular weight is 320 g/mol. The zero-order valence-electron chi connectivity index (χ0n) is 12.4. The summed E-state index contributed by atoms with van der Waals surface area (Å²) in [6.07, 6.45) is 0. The van der Waals surface area contributed by atoms with Crippen LogP contribution in [-0.4, -0.2) is 5.91 Å². The Kier molecular flexibility index (Phi) is 5.09. The molecule has 0 aromatic heterocycles. The van der Waals surface area contributed by atoms with E-state index in [0.29, 0.717) is 5.56 Å². The van der Waals surface area contributed by atoms with Gasteiger partial charge in [-0.2, -0.15) is 4.83 Å². The monoisotopic (exact) mass is 320 g/mol. The topological polar surface area (TPSA) is 41.1 Å². The zero-order valence-corrected chi connectivity index (χ0v) is 13.2. The van der Waals surface area contributed by atoms with Gasteiger partial charge >= 0.3 is 0 Å². The standard InChI is InChI=1S/C19H16N2OS/c22-19(16-10-5-2-6-11-16)20-21-23-18-13-7-12-17(14-18)15-8-3-1-4-9-15/h1-14,21H,(H,20,22). The summed E-state index contributed by atoms with van der Waals surface area (Å²) in [6, 6.07) is 27.5. The van der Waals surface area contributed by atoms with Gasteiger partial charge in [-0.25, -0.2) is 0 Å². The third-order valence-electron chi connectivity index (χ3n) is 3.31. The quantitative estimate of drug-likeness (QED) is 0.544. The molecule has 0 spiro atoms. The molecule has 0 aliphatic heterocycles. The number of hydrazine groups is 1. The Bertz CT molecular complexity index is 776. The van der Waals surface area contributed by atoms with Gasteiger partial charge in [0.15, 0.2) is 0 Å². The van der Waals surface area contributed by atoms with Gasteiger partial charge in [0.1, 0.15) is 0 Å². The van der Waals surface area contributed by atoms with Crippen molar-refractivity contribution in [3.05, 3.63) is 90.5 Å². The Labute approximate surface area is 139 Å². The van der Waals surface area contributed by atoms with Crippen LogP contribution >= 0.6 is 11.9 Å². The molecule has 3 aromatic rings. The highest BCUT2D eigenvalue weighted by molar-refractivity contribution is 7.97. The number of nitrogens with one attached hydrogen (secondary N) is 2. The van der Waals surface area contributed by atoms with Crippen LogP contribution in [0.15, 0.2) is 89.8 Å². The van der Waals surface area contributed by atoms with E-state index >= 15 is 0 Å². The van der Waals surface area contributed by atoms with E-state index in [9.17, 15) is 4.79 Å². The first-order valence-corrected chi connectivity index (χ1v) is 8.07. The van der Waals surface area contributed by atoms with Crippen molar-refractivity contribution in [2.45, 2.75) is 4.90 Å². The smallest absolute Gasteiger partial charge is 0.266 e. The van der Waals surface area contributed by atoms with Gasteiger partial charge < -0.3 is 0 Å². The molecule has 0 aliphatic rings. The summed E-state index contributed by atoms with van der Waals surface area (Å²) >= 11 is 1.37. The second-order valence-corrected chi connectivity index (χ2v) is 5.80. The van der Waals surface area contributed by atoms with E-state index in [0.717, 1.165) is 10.5 Å². The van der Waals surface area contributed by atoms with Crippen molar-refractivity contribution in [1.29, 1.82) is 0 Å². The molecular formula is C19H16N2OS. The van der Waals surface area contributed by atoms with Crippen molar-refractivity contribution in [3.63, 3.8) is 0 Å². The molecule has 23 heavy (non-hydrogen) atoms. The normalized spacial score (nSPS) is 10.3. The first kappa shape index (κ1) is 15.3. The number of hydrogen-bond acceptors (Lipinski definition) is 3. The van der Waals surface area contributed by atoms with Gasteiger partial charge in [-0.05, 0) is 47.3 Å². The van der Waals surface area contributed by atoms with E-state index in [1.54, 1.807) is 12.1 Å². The van der Waals surface area contributed by atoms with Crippen LogP contribution in [0.1, 0.15) is 10.4 Å². The summed E-state index contributed by atoms with van der Waals surface area (Å²) in [5.74, 6) is -0.155. The number of carbonyl (C=O) groups excluding carboxylic acids is 1. The molecule has 0 aliphatic carbocycles. The number of rotatable bonds is 5. The SMILES string of the molecule is O=C(NNSc1cccc(-c2ccccc2)c1)c1ccccc1. The Morgan fingerprint density at radius 3 is 2.13 bits per heavy atom. The van der Waals surface area contributed by atoms with Gasteiger partial charge in [-0.3, -0.25) is 10.2 Å². The van der Waals surface area contributed by atoms with E-state index in [1.807, 2.05) is 48.5 Å². The fourth-order valence-corrected chi connectivity index (χ4v) is 2.76. The molecule has 3 nitrogen and oxygen atoms in total. The summed E-state index contributed by atoms with van der Waals surface area (Å²) in [4.78, 5) is 15.9. The largest absolute Gasteiger partial charge is 0.277 e. The molecule has 3 rings (SSSR count). The summed E-state index contributed by atoms with van der Waals surface area (Å²) in [6.45, 7) is 0. The van der Waals surface area contributed by atoms with Gasteiger partial charge in [0, 0.05) is 10.5 Å². The van der Waals surface area contributed by atoms with E-state index in [-0.39, 0.29) is 5.91 Å². The zero-order chi connectivity index (χ0) is 15.9. The molecule has 0 bridgehead atoms. The molecule has 1 amide bonds. The van der Waals surface area contributed by atoms with Crippen LogP contribution in [-0.2, 0) is 0 Å². The summed E-state index contributed by atoms with van der Waals surface area (Å²) < 4.78 is 0. The first-order chi connectivity index (χ1) is 11.3. The van der Waals surface area contributed by atoms with Gasteiger partial charge in [0.25, 0.3) is 5.91 Å². The highest BCUT2D eigenvalue weighted by Crippen LogP contribution is 2.23. The molecule has 0 unspecified atom stereocenters. The number of amides is 1. The Balaban J connectivity index is 1.60. The summed E-state index contributed by atoms with van der Waals surface area (Å²) in [7, 11) is 0. The van der Waals surface area contributed by atoms with Crippen LogP contribution in [0, 0.1) is 0 Å². The van der Waals surface area contributed by atoms with Crippen LogP contribution in [0.2, 0.25) is 0 Å². The van der Waals surface area contributed by atoms with Crippen molar-refractivity contribution in [3.8, 4) is 11.1 Å². The molecule has 4 heteroatoms. The fourth-order valence-electron chi connectivity index (χ4n) is 2.16. The van der Waals surface area contributed by atoms with Gasteiger partial charge in [-0.15, -0.1) is 0 Å². The van der Waals surface area contributed by atoms with Crippen LogP contribution < -0.4 is 10.3 Å². The molecule has 0 saturated carbocycles. The molecule has 114 valence electrons. The first-order valence-electron chi connectivity index (χ1n) is 7.26. The van der Waals surface area contributed by atoms with Crippen molar-refractivity contribution in [2.24, 2.45) is 0 Å². The van der Waals surface area contributed by atoms with Gasteiger partial charge in [0.2, 0.25) is 0 Å². The van der Waals surface area contributed by atoms with Gasteiger partial charge in [0.05, 0.1) is 0 Å². The van der Waals surface area contributed by atoms with Crippen molar-refractivity contribution >= 4 is 17.9 Å². The third-order valence-corrected chi connectivity index (χ3v) is 4.00. The van der Waals surface area contributed by atoms with Crippen LogP contribution in [0.4, 0.5) is 0 Å². The predicted molar refractivity (Wildman–Crippen MR) is 94.8 cm³/mol. The second-order valence-electron chi connectivity index (χ2n) is 4.92. The van der Waals surface area contributed by atoms with Crippen LogP contribution in [0.3, 0.4) is 0 Å². The summed E-state index contributed by atoms with van der Waals surface area (Å²) in [5, 5.41) is 0. The lowest BCUT2D eigenvalue weighted by atomic mass is 10.1. The number of carbonyl (C=O) groups is 1.